The highest BCUT2D eigenvalue weighted by Crippen LogP contribution is 2.51. The number of amidine groups is 1. The van der Waals surface area contributed by atoms with Crippen LogP contribution in [0.2, 0.25) is 0 Å². The predicted octanol–water partition coefficient (Wildman–Crippen LogP) is 4.78. The lowest BCUT2D eigenvalue weighted by Crippen LogP contribution is -2.29. The molecule has 2 aromatic carbocycles. The number of rotatable bonds is 5. The highest BCUT2D eigenvalue weighted by Gasteiger charge is 2.39. The Morgan fingerprint density at radius 3 is 2.66 bits per heavy atom. The molecular formula is C21H20ClN3O2S2. The van der Waals surface area contributed by atoms with Crippen LogP contribution in [-0.2, 0) is 11.3 Å². The van der Waals surface area contributed by atoms with Crippen LogP contribution in [0.3, 0.4) is 0 Å². The van der Waals surface area contributed by atoms with Gasteiger partial charge in [0, 0.05) is 23.9 Å². The second-order valence-corrected chi connectivity index (χ2v) is 8.85. The molecule has 2 aromatic rings. The number of fused-ring (bicyclic) bond motifs is 1. The normalized spacial score (nSPS) is 20.0. The largest absolute Gasteiger partial charge is 0.497 e. The predicted molar refractivity (Wildman–Crippen MR) is 122 cm³/mol. The van der Waals surface area contributed by atoms with E-state index in [0.717, 1.165) is 26.9 Å². The van der Waals surface area contributed by atoms with Gasteiger partial charge in [-0.1, -0.05) is 42.1 Å². The van der Waals surface area contributed by atoms with Gasteiger partial charge in [0.25, 0.3) is 5.91 Å². The minimum atomic E-state index is -0.0266. The van der Waals surface area contributed by atoms with Gasteiger partial charge in [-0.05, 0) is 29.5 Å². The van der Waals surface area contributed by atoms with E-state index in [0.29, 0.717) is 29.0 Å². The molecule has 5 nitrogen and oxygen atoms in total. The zero-order valence-electron chi connectivity index (χ0n) is 16.1. The number of halogens is 1. The van der Waals surface area contributed by atoms with Gasteiger partial charge < -0.3 is 9.64 Å². The van der Waals surface area contributed by atoms with Crippen molar-refractivity contribution in [2.75, 3.05) is 31.5 Å². The molecule has 0 radical (unpaired) electrons. The maximum Gasteiger partial charge on any atom is 0.269 e. The van der Waals surface area contributed by atoms with Gasteiger partial charge in [-0.25, -0.2) is 0 Å². The smallest absolute Gasteiger partial charge is 0.269 e. The number of hydrogen-bond acceptors (Lipinski definition) is 6. The van der Waals surface area contributed by atoms with E-state index in [1.165, 1.54) is 11.8 Å². The van der Waals surface area contributed by atoms with E-state index in [4.69, 9.17) is 16.3 Å². The molecule has 1 fully saturated rings. The number of amides is 1. The number of carbonyl (C=O) groups excluding carboxylic acids is 1. The summed E-state index contributed by atoms with van der Waals surface area (Å²) in [6, 6.07) is 15.9. The molecule has 0 bridgehead atoms. The van der Waals surface area contributed by atoms with Crippen molar-refractivity contribution in [2.24, 2.45) is 4.99 Å². The van der Waals surface area contributed by atoms with E-state index in [9.17, 15) is 4.79 Å². The Hall–Kier alpha value is -2.09. The molecule has 1 amide bonds. The lowest BCUT2D eigenvalue weighted by atomic mass is 10.2. The van der Waals surface area contributed by atoms with E-state index in [1.807, 2.05) is 60.5 Å². The van der Waals surface area contributed by atoms with Gasteiger partial charge in [0.2, 0.25) is 0 Å². The Balaban J connectivity index is 1.68. The van der Waals surface area contributed by atoms with E-state index < -0.39 is 0 Å². The molecular weight excluding hydrogens is 426 g/mol. The van der Waals surface area contributed by atoms with Gasteiger partial charge in [-0.3, -0.25) is 14.7 Å². The summed E-state index contributed by atoms with van der Waals surface area (Å²) < 4.78 is 5.35. The molecule has 0 aromatic heterocycles. The standard InChI is InChI=1S/C21H20ClN3O2S2/c1-24-16-12-15(27-2)8-9-17(16)28-20(24)18-19(26)25(21(29-18)23-11-10-22)13-14-6-4-3-5-7-14/h3-9,12H,10-11,13H2,1-2H3. The number of hydrogen-bond donors (Lipinski definition) is 0. The third-order valence-electron chi connectivity index (χ3n) is 4.61. The SMILES string of the molecule is COc1ccc2c(c1)N(C)C(=C1SC(=NCCCl)N(Cc3ccccc3)C1=O)S2. The van der Waals surface area contributed by atoms with Crippen LogP contribution in [0.25, 0.3) is 0 Å². The summed E-state index contributed by atoms with van der Waals surface area (Å²) in [5.41, 5.74) is 2.10. The number of anilines is 1. The first kappa shape index (κ1) is 20.2. The molecule has 2 heterocycles. The molecule has 150 valence electrons. The fourth-order valence-corrected chi connectivity index (χ4v) is 5.56. The second-order valence-electron chi connectivity index (χ2n) is 6.46. The van der Waals surface area contributed by atoms with Crippen molar-refractivity contribution >= 4 is 51.9 Å². The van der Waals surface area contributed by atoms with Crippen molar-refractivity contribution in [1.29, 1.82) is 0 Å². The average Bonchev–Trinajstić information content (AvgIpc) is 3.24. The van der Waals surface area contributed by atoms with Crippen LogP contribution in [0.1, 0.15) is 5.56 Å². The van der Waals surface area contributed by atoms with Crippen LogP contribution < -0.4 is 9.64 Å². The van der Waals surface area contributed by atoms with Crippen molar-refractivity contribution in [3.8, 4) is 5.75 Å². The lowest BCUT2D eigenvalue weighted by Gasteiger charge is -2.17. The van der Waals surface area contributed by atoms with E-state index in [-0.39, 0.29) is 5.91 Å². The van der Waals surface area contributed by atoms with Crippen LogP contribution in [0, 0.1) is 0 Å². The maximum absolute atomic E-state index is 13.4. The van der Waals surface area contributed by atoms with Gasteiger partial charge in [0.1, 0.15) is 10.7 Å². The van der Waals surface area contributed by atoms with Gasteiger partial charge in [-0.15, -0.1) is 11.6 Å². The second kappa shape index (κ2) is 8.73. The third kappa shape index (κ3) is 3.99. The Morgan fingerprint density at radius 1 is 1.14 bits per heavy atom. The summed E-state index contributed by atoms with van der Waals surface area (Å²) in [6.07, 6.45) is 0. The molecule has 0 spiro atoms. The van der Waals surface area contributed by atoms with Crippen LogP contribution in [-0.4, -0.2) is 42.6 Å². The molecule has 2 aliphatic rings. The fourth-order valence-electron chi connectivity index (χ4n) is 3.15. The number of thioether (sulfide) groups is 2. The first-order valence-electron chi connectivity index (χ1n) is 9.10. The van der Waals surface area contributed by atoms with Gasteiger partial charge >= 0.3 is 0 Å². The summed E-state index contributed by atoms with van der Waals surface area (Å²) in [5, 5.41) is 1.61. The third-order valence-corrected chi connectivity index (χ3v) is 7.25. The summed E-state index contributed by atoms with van der Waals surface area (Å²) in [7, 11) is 3.63. The Bertz CT molecular complexity index is 995. The molecule has 8 heteroatoms. The van der Waals surface area contributed by atoms with Crippen molar-refractivity contribution < 1.29 is 9.53 Å². The molecule has 0 atom stereocenters. The van der Waals surface area contributed by atoms with Gasteiger partial charge in [-0.2, -0.15) is 0 Å². The van der Waals surface area contributed by atoms with E-state index in [2.05, 4.69) is 4.99 Å². The van der Waals surface area contributed by atoms with E-state index >= 15 is 0 Å². The Kier molecular flexibility index (Phi) is 6.08. The van der Waals surface area contributed by atoms with Crippen molar-refractivity contribution in [2.45, 2.75) is 11.4 Å². The number of benzene rings is 2. The first-order valence-corrected chi connectivity index (χ1v) is 11.3. The quantitative estimate of drug-likeness (QED) is 0.489. The summed E-state index contributed by atoms with van der Waals surface area (Å²) in [4.78, 5) is 23.5. The molecule has 1 saturated heterocycles. The zero-order chi connectivity index (χ0) is 20.4. The Labute approximate surface area is 183 Å². The van der Waals surface area contributed by atoms with Crippen LogP contribution in [0.15, 0.2) is 68.4 Å². The molecule has 2 aliphatic heterocycles. The monoisotopic (exact) mass is 445 g/mol. The topological polar surface area (TPSA) is 45.1 Å². The fraction of sp³-hybridized carbons (Fsp3) is 0.238. The van der Waals surface area contributed by atoms with Crippen LogP contribution in [0.5, 0.6) is 5.75 Å². The summed E-state index contributed by atoms with van der Waals surface area (Å²) >= 11 is 8.86. The minimum absolute atomic E-state index is 0.0266. The van der Waals surface area contributed by atoms with Crippen molar-refractivity contribution in [3.05, 3.63) is 64.0 Å². The van der Waals surface area contributed by atoms with Gasteiger partial charge in [0.05, 0.1) is 30.9 Å². The average molecular weight is 446 g/mol. The zero-order valence-corrected chi connectivity index (χ0v) is 18.5. The highest BCUT2D eigenvalue weighted by atomic mass is 35.5. The molecule has 0 N–H and O–H groups in total. The lowest BCUT2D eigenvalue weighted by molar-refractivity contribution is -0.122. The van der Waals surface area contributed by atoms with Crippen LogP contribution in [0.4, 0.5) is 5.69 Å². The number of methoxy groups -OCH3 is 1. The van der Waals surface area contributed by atoms with Gasteiger partial charge in [0.15, 0.2) is 5.17 Å². The van der Waals surface area contributed by atoms with Crippen molar-refractivity contribution in [1.82, 2.24) is 4.90 Å². The summed E-state index contributed by atoms with van der Waals surface area (Å²) in [5.74, 6) is 1.19. The molecule has 0 unspecified atom stereocenters. The summed E-state index contributed by atoms with van der Waals surface area (Å²) in [6.45, 7) is 0.963. The molecule has 4 rings (SSSR count). The number of ether oxygens (including phenoxy) is 1. The highest BCUT2D eigenvalue weighted by molar-refractivity contribution is 8.19. The molecule has 29 heavy (non-hydrogen) atoms. The van der Waals surface area contributed by atoms with Crippen LogP contribution >= 0.6 is 35.1 Å². The maximum atomic E-state index is 13.4. The number of alkyl halides is 1. The first-order chi connectivity index (χ1) is 14.1. The number of carbonyl (C=O) groups is 1. The number of aliphatic imine (C=N–C) groups is 1. The molecule has 0 saturated carbocycles. The Morgan fingerprint density at radius 2 is 1.93 bits per heavy atom. The minimum Gasteiger partial charge on any atom is -0.497 e. The van der Waals surface area contributed by atoms with E-state index in [1.54, 1.807) is 23.8 Å². The molecule has 0 aliphatic carbocycles. The van der Waals surface area contributed by atoms with Crippen molar-refractivity contribution in [3.63, 3.8) is 0 Å². The number of nitrogens with zero attached hydrogens (tertiary/aromatic N) is 3.